The van der Waals surface area contributed by atoms with E-state index in [2.05, 4.69) is 28.1 Å². The number of ether oxygens (including phenoxy) is 2. The summed E-state index contributed by atoms with van der Waals surface area (Å²) in [7, 11) is 1.64. The molecular weight excluding hydrogens is 432 g/mol. The van der Waals surface area contributed by atoms with Crippen molar-refractivity contribution in [2.75, 3.05) is 17.7 Å². The Kier molecular flexibility index (Phi) is 5.85. The first-order valence-corrected chi connectivity index (χ1v) is 12.2. The molecule has 33 heavy (non-hydrogen) atoms. The smallest absolute Gasteiger partial charge is 0.167 e. The molecule has 0 amide bonds. The fraction of sp³-hybridized carbons (Fsp3) is 0.296. The quantitative estimate of drug-likeness (QED) is 0.454. The molecule has 5 rings (SSSR count). The van der Waals surface area contributed by atoms with Gasteiger partial charge in [0.05, 0.1) is 30.6 Å². The van der Waals surface area contributed by atoms with Crippen molar-refractivity contribution in [2.45, 2.75) is 44.8 Å². The molecule has 0 bridgehead atoms. The monoisotopic (exact) mass is 460 g/mol. The van der Waals surface area contributed by atoms with Gasteiger partial charge in [-0.1, -0.05) is 30.3 Å². The number of carbonyl (C=O) groups is 1. The summed E-state index contributed by atoms with van der Waals surface area (Å²) in [6.45, 7) is 3.99. The molecule has 0 saturated heterocycles. The van der Waals surface area contributed by atoms with Crippen LogP contribution in [0.1, 0.15) is 49.1 Å². The lowest BCUT2D eigenvalue weighted by Crippen LogP contribution is -2.27. The van der Waals surface area contributed by atoms with E-state index in [1.165, 1.54) is 4.88 Å². The summed E-state index contributed by atoms with van der Waals surface area (Å²) in [6.07, 6.45) is 1.26. The minimum absolute atomic E-state index is 0.0324. The number of fused-ring (bicyclic) bond motifs is 1. The van der Waals surface area contributed by atoms with Gasteiger partial charge in [0.2, 0.25) is 0 Å². The molecule has 2 unspecified atom stereocenters. The first kappa shape index (κ1) is 21.6. The molecule has 0 radical (unpaired) electrons. The van der Waals surface area contributed by atoms with Crippen LogP contribution in [0.5, 0.6) is 11.5 Å². The molecule has 0 spiro atoms. The Hall–Kier alpha value is -3.25. The van der Waals surface area contributed by atoms with Crippen LogP contribution in [0.3, 0.4) is 0 Å². The zero-order valence-electron chi connectivity index (χ0n) is 19.1. The first-order valence-electron chi connectivity index (χ1n) is 11.3. The van der Waals surface area contributed by atoms with Gasteiger partial charge < -0.3 is 20.1 Å². The largest absolute Gasteiger partial charge is 0.493 e. The normalized spacial score (nSPS) is 19.8. The number of thiophene rings is 1. The molecule has 2 heterocycles. The van der Waals surface area contributed by atoms with Gasteiger partial charge in [-0.2, -0.15) is 0 Å². The molecule has 2 aliphatic rings. The number of methoxy groups -OCH3 is 1. The highest BCUT2D eigenvalue weighted by Gasteiger charge is 2.37. The number of carbonyl (C=O) groups excluding carboxylic acids is 1. The van der Waals surface area contributed by atoms with E-state index in [9.17, 15) is 4.79 Å². The van der Waals surface area contributed by atoms with Crippen LogP contribution in [0.25, 0.3) is 0 Å². The van der Waals surface area contributed by atoms with Gasteiger partial charge in [0.25, 0.3) is 0 Å². The lowest BCUT2D eigenvalue weighted by Gasteiger charge is -2.30. The summed E-state index contributed by atoms with van der Waals surface area (Å²) in [4.78, 5) is 15.0. The average Bonchev–Trinajstić information content (AvgIpc) is 3.28. The summed E-state index contributed by atoms with van der Waals surface area (Å²) in [6, 6.07) is 17.8. The Morgan fingerprint density at radius 3 is 2.55 bits per heavy atom. The minimum atomic E-state index is -0.350. The molecule has 5 nitrogen and oxygen atoms in total. The van der Waals surface area contributed by atoms with Crippen molar-refractivity contribution in [3.05, 3.63) is 81.7 Å². The summed E-state index contributed by atoms with van der Waals surface area (Å²) in [5, 5.41) is 9.33. The highest BCUT2D eigenvalue weighted by atomic mass is 32.1. The molecule has 0 fully saturated rings. The summed E-state index contributed by atoms with van der Waals surface area (Å²) in [5.74, 6) is 1.68. The number of ketones is 1. The molecule has 6 heteroatoms. The maximum atomic E-state index is 13.7. The van der Waals surface area contributed by atoms with E-state index in [-0.39, 0.29) is 23.8 Å². The molecule has 1 aliphatic carbocycles. The van der Waals surface area contributed by atoms with Gasteiger partial charge in [0.15, 0.2) is 17.3 Å². The van der Waals surface area contributed by atoms with E-state index < -0.39 is 0 Å². The molecular formula is C27H28N2O3S. The van der Waals surface area contributed by atoms with Gasteiger partial charge in [0, 0.05) is 34.0 Å². The zero-order valence-corrected chi connectivity index (χ0v) is 19.9. The Labute approximate surface area is 198 Å². The second kappa shape index (κ2) is 8.94. The number of nitrogens with one attached hydrogen (secondary N) is 2. The van der Waals surface area contributed by atoms with Crippen molar-refractivity contribution in [1.82, 2.24) is 0 Å². The van der Waals surface area contributed by atoms with Gasteiger partial charge in [-0.15, -0.1) is 11.3 Å². The molecule has 1 aliphatic heterocycles. The third kappa shape index (κ3) is 4.11. The maximum absolute atomic E-state index is 13.7. The standard InChI is InChI=1S/C27H28N2O3S/c1-16(2)32-27-18(8-6-11-23(27)31-3)26-25-21(28-19-9-4-5-10-20(19)29-26)14-17(15-22(25)30)24-12-7-13-33-24/h4-13,16-17,26,28-29H,14-15H2,1-3H3. The highest BCUT2D eigenvalue weighted by Crippen LogP contribution is 2.47. The molecule has 2 N–H and O–H groups in total. The van der Waals surface area contributed by atoms with Gasteiger partial charge >= 0.3 is 0 Å². The maximum Gasteiger partial charge on any atom is 0.167 e. The second-order valence-electron chi connectivity index (χ2n) is 8.73. The van der Waals surface area contributed by atoms with E-state index in [0.29, 0.717) is 17.9 Å². The average molecular weight is 461 g/mol. The Bertz CT molecular complexity index is 1200. The first-order chi connectivity index (χ1) is 16.0. The van der Waals surface area contributed by atoms with Crippen molar-refractivity contribution in [1.29, 1.82) is 0 Å². The third-order valence-electron chi connectivity index (χ3n) is 6.15. The van der Waals surface area contributed by atoms with Crippen molar-refractivity contribution in [2.24, 2.45) is 0 Å². The van der Waals surface area contributed by atoms with E-state index in [0.717, 1.165) is 34.6 Å². The summed E-state index contributed by atoms with van der Waals surface area (Å²) < 4.78 is 11.9. The zero-order chi connectivity index (χ0) is 22.9. The highest BCUT2D eigenvalue weighted by molar-refractivity contribution is 7.10. The second-order valence-corrected chi connectivity index (χ2v) is 9.71. The topological polar surface area (TPSA) is 59.6 Å². The van der Waals surface area contributed by atoms with Crippen LogP contribution in [0, 0.1) is 0 Å². The Balaban J connectivity index is 1.67. The number of anilines is 2. The lowest BCUT2D eigenvalue weighted by atomic mass is 9.80. The van der Waals surface area contributed by atoms with Gasteiger partial charge in [0.1, 0.15) is 0 Å². The van der Waals surface area contributed by atoms with Crippen LogP contribution < -0.4 is 20.1 Å². The van der Waals surface area contributed by atoms with Crippen LogP contribution in [-0.2, 0) is 4.79 Å². The van der Waals surface area contributed by atoms with E-state index in [1.54, 1.807) is 18.4 Å². The van der Waals surface area contributed by atoms with Crippen molar-refractivity contribution >= 4 is 28.5 Å². The molecule has 3 aromatic rings. The number of hydrogen-bond acceptors (Lipinski definition) is 6. The van der Waals surface area contributed by atoms with Crippen LogP contribution in [0.15, 0.2) is 71.2 Å². The minimum Gasteiger partial charge on any atom is -0.493 e. The SMILES string of the molecule is COc1cccc(C2Nc3ccccc3NC3=C2C(=O)CC(c2cccs2)C3)c1OC(C)C. The fourth-order valence-electron chi connectivity index (χ4n) is 4.73. The Morgan fingerprint density at radius 1 is 1.00 bits per heavy atom. The van der Waals surface area contributed by atoms with Gasteiger partial charge in [-0.3, -0.25) is 4.79 Å². The number of allylic oxidation sites excluding steroid dienone is 1. The number of hydrogen-bond donors (Lipinski definition) is 2. The van der Waals surface area contributed by atoms with E-state index in [4.69, 9.17) is 9.47 Å². The molecule has 2 aromatic carbocycles. The van der Waals surface area contributed by atoms with E-state index >= 15 is 0 Å². The Morgan fingerprint density at radius 2 is 1.82 bits per heavy atom. The van der Waals surface area contributed by atoms with E-state index in [1.807, 2.05) is 56.3 Å². The number of para-hydroxylation sites is 3. The number of benzene rings is 2. The molecule has 2 atom stereocenters. The predicted octanol–water partition coefficient (Wildman–Crippen LogP) is 6.52. The molecule has 0 saturated carbocycles. The van der Waals surface area contributed by atoms with Crippen molar-refractivity contribution in [3.8, 4) is 11.5 Å². The van der Waals surface area contributed by atoms with Gasteiger partial charge in [-0.05, 0) is 49.9 Å². The number of Topliss-reactive ketones (excluding diaryl/α,β-unsaturated/α-hetero) is 1. The van der Waals surface area contributed by atoms with Crippen molar-refractivity contribution < 1.29 is 14.3 Å². The van der Waals surface area contributed by atoms with Crippen LogP contribution in [0.4, 0.5) is 11.4 Å². The van der Waals surface area contributed by atoms with Crippen molar-refractivity contribution in [3.63, 3.8) is 0 Å². The van der Waals surface area contributed by atoms with Crippen LogP contribution >= 0.6 is 11.3 Å². The third-order valence-corrected chi connectivity index (χ3v) is 7.18. The molecule has 1 aromatic heterocycles. The van der Waals surface area contributed by atoms with Crippen LogP contribution in [0.2, 0.25) is 0 Å². The summed E-state index contributed by atoms with van der Waals surface area (Å²) in [5.41, 5.74) is 4.58. The lowest BCUT2D eigenvalue weighted by molar-refractivity contribution is -0.116. The number of rotatable bonds is 5. The van der Waals surface area contributed by atoms with Gasteiger partial charge in [-0.25, -0.2) is 0 Å². The molecule has 170 valence electrons. The van der Waals surface area contributed by atoms with Crippen LogP contribution in [-0.4, -0.2) is 19.0 Å². The summed E-state index contributed by atoms with van der Waals surface area (Å²) >= 11 is 1.72. The fourth-order valence-corrected chi connectivity index (χ4v) is 5.56. The predicted molar refractivity (Wildman–Crippen MR) is 134 cm³/mol.